The van der Waals surface area contributed by atoms with Gasteiger partial charge in [-0.2, -0.15) is 0 Å². The molecule has 4 nitrogen and oxygen atoms in total. The number of rotatable bonds is 5. The van der Waals surface area contributed by atoms with Crippen LogP contribution in [0.1, 0.15) is 32.8 Å². The third kappa shape index (κ3) is 3.11. The predicted octanol–water partition coefficient (Wildman–Crippen LogP) is 3.90. The summed E-state index contributed by atoms with van der Waals surface area (Å²) in [6, 6.07) is 3.85. The van der Waals surface area contributed by atoms with Crippen molar-refractivity contribution in [2.24, 2.45) is 0 Å². The number of hydrogen-bond acceptors (Lipinski definition) is 4. The number of benzene rings is 1. The zero-order valence-electron chi connectivity index (χ0n) is 13.9. The maximum absolute atomic E-state index is 14.1. The van der Waals surface area contributed by atoms with Gasteiger partial charge >= 0.3 is 0 Å². The second-order valence-electron chi connectivity index (χ2n) is 6.27. The van der Waals surface area contributed by atoms with Crippen molar-refractivity contribution in [1.29, 1.82) is 0 Å². The van der Waals surface area contributed by atoms with E-state index in [1.54, 1.807) is 12.3 Å². The summed E-state index contributed by atoms with van der Waals surface area (Å²) >= 11 is 0. The molecule has 124 valence electrons. The van der Waals surface area contributed by atoms with Crippen LogP contribution in [-0.4, -0.2) is 35.1 Å². The minimum atomic E-state index is -0.312. The van der Waals surface area contributed by atoms with Gasteiger partial charge in [0.05, 0.1) is 6.20 Å². The van der Waals surface area contributed by atoms with Crippen LogP contribution in [0, 0.1) is 5.82 Å². The highest BCUT2D eigenvalue weighted by atomic mass is 19.1. The van der Waals surface area contributed by atoms with E-state index in [-0.39, 0.29) is 11.9 Å². The first-order chi connectivity index (χ1) is 11.1. The van der Waals surface area contributed by atoms with Crippen LogP contribution in [0.5, 0.6) is 5.75 Å². The molecule has 23 heavy (non-hydrogen) atoms. The van der Waals surface area contributed by atoms with Crippen LogP contribution < -0.4 is 4.74 Å². The van der Waals surface area contributed by atoms with E-state index in [2.05, 4.69) is 30.7 Å². The summed E-state index contributed by atoms with van der Waals surface area (Å²) in [5, 5.41) is 0. The van der Waals surface area contributed by atoms with Crippen molar-refractivity contribution in [2.45, 2.75) is 45.7 Å². The molecule has 0 bridgehead atoms. The fourth-order valence-electron chi connectivity index (χ4n) is 3.35. The van der Waals surface area contributed by atoms with Crippen molar-refractivity contribution < 1.29 is 13.5 Å². The van der Waals surface area contributed by atoms with Gasteiger partial charge in [-0.15, -0.1) is 0 Å². The van der Waals surface area contributed by atoms with Crippen LogP contribution in [-0.2, 0) is 6.42 Å². The Labute approximate surface area is 136 Å². The third-order valence-electron chi connectivity index (χ3n) is 4.38. The van der Waals surface area contributed by atoms with Crippen LogP contribution in [0.15, 0.2) is 29.1 Å². The summed E-state index contributed by atoms with van der Waals surface area (Å²) < 4.78 is 25.4. The highest BCUT2D eigenvalue weighted by Gasteiger charge is 2.30. The van der Waals surface area contributed by atoms with Gasteiger partial charge in [0.2, 0.25) is 0 Å². The number of aromatic nitrogens is 1. The zero-order valence-corrected chi connectivity index (χ0v) is 13.9. The zero-order chi connectivity index (χ0) is 16.4. The monoisotopic (exact) mass is 318 g/mol. The highest BCUT2D eigenvalue weighted by Crippen LogP contribution is 2.37. The Bertz CT molecular complexity index is 655. The molecule has 0 aliphatic carbocycles. The Balaban J connectivity index is 1.97. The van der Waals surface area contributed by atoms with Crippen LogP contribution in [0.2, 0.25) is 0 Å². The topological polar surface area (TPSA) is 38.5 Å². The van der Waals surface area contributed by atoms with Crippen molar-refractivity contribution in [3.05, 3.63) is 36.1 Å². The molecule has 1 aromatic heterocycles. The van der Waals surface area contributed by atoms with E-state index < -0.39 is 0 Å². The molecule has 1 aliphatic heterocycles. The van der Waals surface area contributed by atoms with Gasteiger partial charge in [0, 0.05) is 23.2 Å². The average molecular weight is 318 g/mol. The van der Waals surface area contributed by atoms with Gasteiger partial charge in [0.15, 0.2) is 23.7 Å². The normalized spacial score (nSPS) is 17.4. The minimum Gasteiger partial charge on any atom is -0.489 e. The standard InChI is InChI=1S/C18H23FN2O2/c1-4-7-21(12(2)3)13-8-15-14(17-9-20-11-23-17)5-6-16(19)18(15)22-10-13/h5-6,9,11-13H,4,7-8,10H2,1-3H3/t13-/m1/s1. The number of hydrogen-bond donors (Lipinski definition) is 0. The van der Waals surface area contributed by atoms with E-state index in [0.717, 1.165) is 30.5 Å². The molecule has 5 heteroatoms. The van der Waals surface area contributed by atoms with Crippen LogP contribution in [0.4, 0.5) is 4.39 Å². The predicted molar refractivity (Wildman–Crippen MR) is 87.0 cm³/mol. The lowest BCUT2D eigenvalue weighted by Crippen LogP contribution is -2.47. The van der Waals surface area contributed by atoms with Gasteiger partial charge in [-0.05, 0) is 45.4 Å². The largest absolute Gasteiger partial charge is 0.489 e. The lowest BCUT2D eigenvalue weighted by atomic mass is 9.94. The number of halogens is 1. The summed E-state index contributed by atoms with van der Waals surface area (Å²) in [6.07, 6.45) is 4.88. The van der Waals surface area contributed by atoms with E-state index in [1.807, 2.05) is 0 Å². The van der Waals surface area contributed by atoms with E-state index >= 15 is 0 Å². The number of nitrogens with zero attached hydrogens (tertiary/aromatic N) is 2. The molecule has 2 heterocycles. The van der Waals surface area contributed by atoms with Gasteiger partial charge in [0.25, 0.3) is 0 Å². The SMILES string of the molecule is CCCN(C(C)C)[C@H]1COc2c(F)ccc(-c3cnco3)c2C1. The summed E-state index contributed by atoms with van der Waals surface area (Å²) in [5.74, 6) is 0.695. The third-order valence-corrected chi connectivity index (χ3v) is 4.38. The van der Waals surface area contributed by atoms with Crippen molar-refractivity contribution in [2.75, 3.05) is 13.2 Å². The molecule has 3 rings (SSSR count). The number of ether oxygens (including phenoxy) is 1. The second kappa shape index (κ2) is 6.71. The molecule has 0 fully saturated rings. The molecule has 0 radical (unpaired) electrons. The first-order valence-electron chi connectivity index (χ1n) is 8.20. The van der Waals surface area contributed by atoms with Crippen molar-refractivity contribution in [3.8, 4) is 17.1 Å². The van der Waals surface area contributed by atoms with Crippen molar-refractivity contribution in [1.82, 2.24) is 9.88 Å². The van der Waals surface area contributed by atoms with Gasteiger partial charge < -0.3 is 9.15 Å². The molecule has 2 aromatic rings. The van der Waals surface area contributed by atoms with E-state index in [4.69, 9.17) is 9.15 Å². The minimum absolute atomic E-state index is 0.242. The first-order valence-corrected chi connectivity index (χ1v) is 8.20. The van der Waals surface area contributed by atoms with Gasteiger partial charge in [-0.1, -0.05) is 6.92 Å². The Kier molecular flexibility index (Phi) is 4.66. The van der Waals surface area contributed by atoms with Crippen LogP contribution in [0.25, 0.3) is 11.3 Å². The molecule has 0 saturated carbocycles. The molecular formula is C18H23FN2O2. The lowest BCUT2D eigenvalue weighted by molar-refractivity contribution is 0.0902. The quantitative estimate of drug-likeness (QED) is 0.838. The van der Waals surface area contributed by atoms with Gasteiger partial charge in [-0.25, -0.2) is 9.37 Å². The van der Waals surface area contributed by atoms with Crippen molar-refractivity contribution in [3.63, 3.8) is 0 Å². The number of oxazole rings is 1. The summed E-state index contributed by atoms with van der Waals surface area (Å²) in [7, 11) is 0. The molecule has 0 unspecified atom stereocenters. The van der Waals surface area contributed by atoms with Crippen LogP contribution in [0.3, 0.4) is 0 Å². The summed E-state index contributed by atoms with van der Waals surface area (Å²) in [4.78, 5) is 6.40. The Morgan fingerprint density at radius 2 is 2.22 bits per heavy atom. The smallest absolute Gasteiger partial charge is 0.181 e. The summed E-state index contributed by atoms with van der Waals surface area (Å²) in [5.41, 5.74) is 1.74. The summed E-state index contributed by atoms with van der Waals surface area (Å²) in [6.45, 7) is 8.07. The number of fused-ring (bicyclic) bond motifs is 1. The van der Waals surface area contributed by atoms with E-state index in [9.17, 15) is 4.39 Å². The first kappa shape index (κ1) is 16.0. The van der Waals surface area contributed by atoms with E-state index in [1.165, 1.54) is 12.5 Å². The molecule has 1 atom stereocenters. The molecular weight excluding hydrogens is 295 g/mol. The molecule has 1 aliphatic rings. The molecule has 0 N–H and O–H groups in total. The van der Waals surface area contributed by atoms with Gasteiger partial charge in [0.1, 0.15) is 6.61 Å². The molecule has 1 aromatic carbocycles. The maximum atomic E-state index is 14.1. The van der Waals surface area contributed by atoms with E-state index in [0.29, 0.717) is 24.2 Å². The molecule has 0 spiro atoms. The fraction of sp³-hybridized carbons (Fsp3) is 0.500. The highest BCUT2D eigenvalue weighted by molar-refractivity contribution is 5.66. The van der Waals surface area contributed by atoms with Crippen LogP contribution >= 0.6 is 0 Å². The maximum Gasteiger partial charge on any atom is 0.181 e. The van der Waals surface area contributed by atoms with Crippen molar-refractivity contribution >= 4 is 0 Å². The molecule has 0 saturated heterocycles. The Hall–Kier alpha value is -1.88. The molecule has 0 amide bonds. The average Bonchev–Trinajstić information content (AvgIpc) is 3.06. The Morgan fingerprint density at radius 1 is 1.39 bits per heavy atom. The lowest BCUT2D eigenvalue weighted by Gasteiger charge is -2.38. The fourth-order valence-corrected chi connectivity index (χ4v) is 3.35. The van der Waals surface area contributed by atoms with Gasteiger partial charge in [-0.3, -0.25) is 4.90 Å². The Morgan fingerprint density at radius 3 is 2.87 bits per heavy atom. The second-order valence-corrected chi connectivity index (χ2v) is 6.27.